The van der Waals surface area contributed by atoms with Gasteiger partial charge in [0.05, 0.1) is 22.1 Å². The number of nitro groups is 1. The van der Waals surface area contributed by atoms with E-state index in [4.69, 9.17) is 4.74 Å². The summed E-state index contributed by atoms with van der Waals surface area (Å²) in [6.45, 7) is -0.180. The Labute approximate surface area is 185 Å². The number of hydrogen-bond acceptors (Lipinski definition) is 7. The van der Waals surface area contributed by atoms with E-state index in [0.29, 0.717) is 5.56 Å². The van der Waals surface area contributed by atoms with Crippen LogP contribution in [0.15, 0.2) is 54.6 Å². The molecule has 32 heavy (non-hydrogen) atoms. The molecule has 2 unspecified atom stereocenters. The number of carbonyl (C=O) groups is 3. The molecule has 0 aromatic heterocycles. The van der Waals surface area contributed by atoms with Crippen molar-refractivity contribution in [3.8, 4) is 0 Å². The molecule has 0 bridgehead atoms. The Bertz CT molecular complexity index is 1090. The Hall–Kier alpha value is -3.60. The van der Waals surface area contributed by atoms with Gasteiger partial charge < -0.3 is 15.0 Å². The van der Waals surface area contributed by atoms with Gasteiger partial charge in [0.15, 0.2) is 5.25 Å². The van der Waals surface area contributed by atoms with E-state index in [1.807, 2.05) is 6.07 Å². The second kappa shape index (κ2) is 8.87. The smallest absolute Gasteiger partial charge is 0.323 e. The van der Waals surface area contributed by atoms with Crippen LogP contribution >= 0.6 is 0 Å². The van der Waals surface area contributed by atoms with E-state index in [1.165, 1.54) is 29.2 Å². The highest BCUT2D eigenvalue weighted by Crippen LogP contribution is 2.33. The molecule has 2 aliphatic rings. The number of nitrogens with zero attached hydrogens (tertiary/aromatic N) is 2. The highest BCUT2D eigenvalue weighted by atomic mass is 32.2. The molecule has 2 saturated heterocycles. The number of benzene rings is 2. The Morgan fingerprint density at radius 3 is 2.47 bits per heavy atom. The van der Waals surface area contributed by atoms with Gasteiger partial charge in [-0.1, -0.05) is 30.3 Å². The molecule has 2 aliphatic heterocycles. The molecule has 0 aliphatic carbocycles. The van der Waals surface area contributed by atoms with Crippen molar-refractivity contribution >= 4 is 34.3 Å². The number of amides is 2. The van der Waals surface area contributed by atoms with E-state index in [1.54, 1.807) is 24.3 Å². The molecule has 10 nitrogen and oxygen atoms in total. The van der Waals surface area contributed by atoms with Gasteiger partial charge in [-0.3, -0.25) is 28.7 Å². The zero-order valence-electron chi connectivity index (χ0n) is 16.7. The Morgan fingerprint density at radius 2 is 1.81 bits per heavy atom. The van der Waals surface area contributed by atoms with Crippen molar-refractivity contribution in [3.63, 3.8) is 0 Å². The number of nitrogens with one attached hydrogen (secondary N) is 1. The fraction of sp³-hybridized carbons (Fsp3) is 0.286. The van der Waals surface area contributed by atoms with E-state index < -0.39 is 38.4 Å². The normalized spacial score (nSPS) is 23.8. The summed E-state index contributed by atoms with van der Waals surface area (Å²) < 4.78 is 18.0. The van der Waals surface area contributed by atoms with Crippen molar-refractivity contribution in [2.24, 2.45) is 0 Å². The lowest BCUT2D eigenvalue weighted by Gasteiger charge is -2.41. The summed E-state index contributed by atoms with van der Waals surface area (Å²) in [5, 5.41) is 11.5. The number of β-lactam (4-membered cyclic amide) rings is 1. The molecule has 2 fully saturated rings. The maximum Gasteiger partial charge on any atom is 0.323 e. The molecular weight excluding hydrogens is 438 g/mol. The molecule has 4 atom stereocenters. The predicted molar refractivity (Wildman–Crippen MR) is 112 cm³/mol. The molecule has 4 rings (SSSR count). The second-order valence-electron chi connectivity index (χ2n) is 7.44. The van der Waals surface area contributed by atoms with E-state index in [-0.39, 0.29) is 37.1 Å². The largest absolute Gasteiger partial charge is 0.460 e. The molecule has 0 saturated carbocycles. The maximum atomic E-state index is 12.8. The number of fused-ring (bicyclic) bond motifs is 1. The summed E-state index contributed by atoms with van der Waals surface area (Å²) in [7, 11) is -1.73. The van der Waals surface area contributed by atoms with E-state index in [2.05, 4.69) is 5.32 Å². The minimum atomic E-state index is -1.73. The van der Waals surface area contributed by atoms with Crippen LogP contribution in [0.5, 0.6) is 0 Å². The summed E-state index contributed by atoms with van der Waals surface area (Å²) in [6, 6.07) is 13.6. The Balaban J connectivity index is 1.32. The van der Waals surface area contributed by atoms with Crippen molar-refractivity contribution in [2.75, 3.05) is 6.54 Å². The number of non-ortho nitro benzene ring substituents is 1. The number of carbonyl (C=O) groups excluding carboxylic acids is 3. The lowest BCUT2D eigenvalue weighted by atomic mass is 10.1. The third-order valence-corrected chi connectivity index (χ3v) is 7.24. The van der Waals surface area contributed by atoms with Gasteiger partial charge in [-0.2, -0.15) is 0 Å². The first-order valence-electron chi connectivity index (χ1n) is 9.78. The maximum absolute atomic E-state index is 12.8. The quantitative estimate of drug-likeness (QED) is 0.279. The number of ether oxygens (including phenoxy) is 1. The monoisotopic (exact) mass is 457 g/mol. The van der Waals surface area contributed by atoms with Gasteiger partial charge >= 0.3 is 5.97 Å². The highest BCUT2D eigenvalue weighted by Gasteiger charge is 2.60. The molecule has 0 radical (unpaired) electrons. The van der Waals surface area contributed by atoms with Crippen molar-refractivity contribution in [2.45, 2.75) is 29.7 Å². The van der Waals surface area contributed by atoms with Crippen LogP contribution < -0.4 is 5.32 Å². The van der Waals surface area contributed by atoms with Crippen molar-refractivity contribution in [1.29, 1.82) is 0 Å². The van der Waals surface area contributed by atoms with Crippen LogP contribution in [-0.4, -0.2) is 55.0 Å². The second-order valence-corrected chi connectivity index (χ2v) is 9.15. The van der Waals surface area contributed by atoms with Crippen LogP contribution in [0.2, 0.25) is 0 Å². The minimum Gasteiger partial charge on any atom is -0.460 e. The third kappa shape index (κ3) is 4.24. The molecular formula is C21H19N3O7S. The molecule has 2 aromatic carbocycles. The summed E-state index contributed by atoms with van der Waals surface area (Å²) in [5.74, 6) is -1.47. The van der Waals surface area contributed by atoms with Gasteiger partial charge in [-0.25, -0.2) is 0 Å². The molecule has 166 valence electrons. The van der Waals surface area contributed by atoms with E-state index in [0.717, 1.165) is 5.56 Å². The fourth-order valence-electron chi connectivity index (χ4n) is 3.67. The number of hydrogen-bond donors (Lipinski definition) is 1. The van der Waals surface area contributed by atoms with Gasteiger partial charge in [0.1, 0.15) is 18.0 Å². The van der Waals surface area contributed by atoms with Crippen LogP contribution in [0.3, 0.4) is 0 Å². The molecule has 0 spiro atoms. The Morgan fingerprint density at radius 1 is 1.12 bits per heavy atom. The molecule has 2 aromatic rings. The molecule has 1 N–H and O–H groups in total. The van der Waals surface area contributed by atoms with Crippen LogP contribution in [0.4, 0.5) is 5.69 Å². The average molecular weight is 457 g/mol. The van der Waals surface area contributed by atoms with Crippen molar-refractivity contribution < 1.29 is 28.3 Å². The van der Waals surface area contributed by atoms with Crippen LogP contribution in [0.1, 0.15) is 11.1 Å². The first kappa shape index (κ1) is 21.6. The third-order valence-electron chi connectivity index (χ3n) is 5.34. The first-order valence-corrected chi connectivity index (χ1v) is 11.1. The number of esters is 1. The molecule has 11 heteroatoms. The van der Waals surface area contributed by atoms with Gasteiger partial charge in [0, 0.05) is 18.7 Å². The first-order chi connectivity index (χ1) is 15.3. The molecule has 2 amide bonds. The lowest BCUT2D eigenvalue weighted by Crippen LogP contribution is -2.69. The van der Waals surface area contributed by atoms with E-state index in [9.17, 15) is 28.7 Å². The van der Waals surface area contributed by atoms with Crippen molar-refractivity contribution in [1.82, 2.24) is 10.2 Å². The SMILES string of the molecule is O=C(Cc1ccccc1)N[C@@H]1C(=O)N2CC(C(=O)OCc3ccc([N+](=O)[O-])cc3)S(=O)[C@H]12. The van der Waals surface area contributed by atoms with Gasteiger partial charge in [0.25, 0.3) is 5.69 Å². The average Bonchev–Trinajstić information content (AvgIpc) is 3.10. The van der Waals surface area contributed by atoms with Crippen LogP contribution in [0, 0.1) is 10.1 Å². The molecule has 2 heterocycles. The summed E-state index contributed by atoms with van der Waals surface area (Å²) in [4.78, 5) is 48.6. The standard InChI is InChI=1S/C21H19N3O7S/c25-17(10-13-4-2-1-3-5-13)22-18-19(26)23-11-16(32(30)20(18)23)21(27)31-12-14-6-8-15(9-7-14)24(28)29/h1-9,16,18,20H,10-12H2,(H,22,25)/t16?,18-,20-,32?/m1/s1. The summed E-state index contributed by atoms with van der Waals surface area (Å²) in [5.41, 5.74) is 1.24. The lowest BCUT2D eigenvalue weighted by molar-refractivity contribution is -0.384. The van der Waals surface area contributed by atoms with Gasteiger partial charge in [0.2, 0.25) is 11.8 Å². The highest BCUT2D eigenvalue weighted by molar-refractivity contribution is 7.87. The van der Waals surface area contributed by atoms with Crippen LogP contribution in [-0.2, 0) is 42.9 Å². The van der Waals surface area contributed by atoms with Crippen molar-refractivity contribution in [3.05, 3.63) is 75.8 Å². The topological polar surface area (TPSA) is 136 Å². The summed E-state index contributed by atoms with van der Waals surface area (Å²) >= 11 is 0. The van der Waals surface area contributed by atoms with E-state index >= 15 is 0 Å². The van der Waals surface area contributed by atoms with Gasteiger partial charge in [-0.05, 0) is 23.3 Å². The van der Waals surface area contributed by atoms with Crippen LogP contribution in [0.25, 0.3) is 0 Å². The zero-order chi connectivity index (χ0) is 22.8. The fourth-order valence-corrected chi connectivity index (χ4v) is 5.46. The minimum absolute atomic E-state index is 0.0414. The predicted octanol–water partition coefficient (Wildman–Crippen LogP) is 0.665. The summed E-state index contributed by atoms with van der Waals surface area (Å²) in [6.07, 6.45) is 0.0880. The zero-order valence-corrected chi connectivity index (χ0v) is 17.5. The number of rotatable bonds is 7. The van der Waals surface area contributed by atoms with Gasteiger partial charge in [-0.15, -0.1) is 0 Å². The number of nitro benzene ring substituents is 1. The Kier molecular flexibility index (Phi) is 5.99.